The summed E-state index contributed by atoms with van der Waals surface area (Å²) in [6.07, 6.45) is -0.0457. The average molecular weight is 274 g/mol. The summed E-state index contributed by atoms with van der Waals surface area (Å²) in [5.74, 6) is 0.227. The predicted molar refractivity (Wildman–Crippen MR) is 67.8 cm³/mol. The van der Waals surface area contributed by atoms with Crippen molar-refractivity contribution in [2.75, 3.05) is 18.4 Å². The van der Waals surface area contributed by atoms with Crippen LogP contribution >= 0.6 is 11.6 Å². The number of ether oxygens (including phenoxy) is 1. The van der Waals surface area contributed by atoms with Crippen LogP contribution in [-0.4, -0.2) is 40.1 Å². The fraction of sp³-hybridized carbons (Fsp3) is 0.600. The van der Waals surface area contributed by atoms with Gasteiger partial charge in [0.1, 0.15) is 0 Å². The van der Waals surface area contributed by atoms with Crippen LogP contribution in [0.3, 0.4) is 0 Å². The van der Waals surface area contributed by atoms with E-state index < -0.39 is 0 Å². The number of hydrogen-bond donors (Lipinski definition) is 2. The molecule has 0 unspecified atom stereocenters. The van der Waals surface area contributed by atoms with Crippen LogP contribution in [0.25, 0.3) is 0 Å². The van der Waals surface area contributed by atoms with Gasteiger partial charge in [-0.05, 0) is 25.4 Å². The molecule has 0 saturated heterocycles. The summed E-state index contributed by atoms with van der Waals surface area (Å²) in [5.41, 5.74) is 0. The zero-order chi connectivity index (χ0) is 13.5. The van der Waals surface area contributed by atoms with Crippen LogP contribution in [0.15, 0.2) is 0 Å². The van der Waals surface area contributed by atoms with Crippen LogP contribution in [0.4, 0.5) is 5.95 Å². The highest BCUT2D eigenvalue weighted by Gasteiger charge is 2.07. The molecule has 0 fully saturated rings. The summed E-state index contributed by atoms with van der Waals surface area (Å²) in [6.45, 7) is 6.14. The van der Waals surface area contributed by atoms with Crippen molar-refractivity contribution in [2.45, 2.75) is 26.9 Å². The van der Waals surface area contributed by atoms with E-state index in [2.05, 4.69) is 25.6 Å². The third-order valence-electron chi connectivity index (χ3n) is 1.71. The SMILES string of the molecule is CC(=O)NCCNc1nc(Cl)nc(OC(C)C)n1. The van der Waals surface area contributed by atoms with Gasteiger partial charge in [0.15, 0.2) is 0 Å². The molecule has 1 aromatic rings. The smallest absolute Gasteiger partial charge is 0.322 e. The first kappa shape index (κ1) is 14.4. The molecule has 0 saturated carbocycles. The second-order valence-corrected chi connectivity index (χ2v) is 4.13. The molecule has 7 nitrogen and oxygen atoms in total. The second kappa shape index (κ2) is 6.95. The summed E-state index contributed by atoms with van der Waals surface area (Å²) in [7, 11) is 0. The van der Waals surface area contributed by atoms with Crippen LogP contribution in [0.1, 0.15) is 20.8 Å². The van der Waals surface area contributed by atoms with Gasteiger partial charge in [0.25, 0.3) is 0 Å². The molecular formula is C10H16ClN5O2. The fourth-order valence-electron chi connectivity index (χ4n) is 1.09. The first-order valence-electron chi connectivity index (χ1n) is 5.54. The van der Waals surface area contributed by atoms with Gasteiger partial charge in [-0.1, -0.05) is 0 Å². The Bertz CT molecular complexity index is 413. The zero-order valence-electron chi connectivity index (χ0n) is 10.5. The minimum Gasteiger partial charge on any atom is -0.461 e. The quantitative estimate of drug-likeness (QED) is 0.748. The highest BCUT2D eigenvalue weighted by atomic mass is 35.5. The molecule has 100 valence electrons. The van der Waals surface area contributed by atoms with Crippen molar-refractivity contribution in [3.05, 3.63) is 5.28 Å². The standard InChI is InChI=1S/C10H16ClN5O2/c1-6(2)18-10-15-8(11)14-9(16-10)13-5-4-12-7(3)17/h6H,4-5H2,1-3H3,(H,12,17)(H,13,14,15,16). The van der Waals surface area contributed by atoms with Gasteiger partial charge >= 0.3 is 6.01 Å². The van der Waals surface area contributed by atoms with Crippen molar-refractivity contribution in [3.63, 3.8) is 0 Å². The van der Waals surface area contributed by atoms with E-state index in [1.807, 2.05) is 13.8 Å². The molecule has 2 N–H and O–H groups in total. The van der Waals surface area contributed by atoms with Crippen molar-refractivity contribution in [3.8, 4) is 6.01 Å². The van der Waals surface area contributed by atoms with E-state index in [1.54, 1.807) is 0 Å². The number of nitrogens with zero attached hydrogens (tertiary/aromatic N) is 3. The number of hydrogen-bond acceptors (Lipinski definition) is 6. The molecule has 8 heteroatoms. The van der Waals surface area contributed by atoms with E-state index >= 15 is 0 Å². The molecule has 0 aliphatic heterocycles. The molecule has 1 aromatic heterocycles. The average Bonchev–Trinajstić information content (AvgIpc) is 2.22. The Labute approximate surface area is 110 Å². The zero-order valence-corrected chi connectivity index (χ0v) is 11.3. The molecule has 0 spiro atoms. The Kier molecular flexibility index (Phi) is 5.57. The first-order chi connectivity index (χ1) is 8.47. The molecule has 1 heterocycles. The summed E-state index contributed by atoms with van der Waals surface area (Å²) in [5, 5.41) is 5.61. The van der Waals surface area contributed by atoms with E-state index in [4.69, 9.17) is 16.3 Å². The molecule has 0 radical (unpaired) electrons. The molecule has 1 amide bonds. The van der Waals surface area contributed by atoms with Gasteiger partial charge in [0.05, 0.1) is 6.10 Å². The summed E-state index contributed by atoms with van der Waals surface area (Å²) < 4.78 is 5.32. The number of aromatic nitrogens is 3. The topological polar surface area (TPSA) is 89.0 Å². The molecule has 18 heavy (non-hydrogen) atoms. The predicted octanol–water partition coefficient (Wildman–Crippen LogP) is 0.860. The van der Waals surface area contributed by atoms with Crippen LogP contribution in [0.2, 0.25) is 5.28 Å². The molecular weight excluding hydrogens is 258 g/mol. The van der Waals surface area contributed by atoms with Gasteiger partial charge < -0.3 is 15.4 Å². The largest absolute Gasteiger partial charge is 0.461 e. The molecule has 0 aromatic carbocycles. The van der Waals surface area contributed by atoms with Crippen molar-refractivity contribution in [1.82, 2.24) is 20.3 Å². The van der Waals surface area contributed by atoms with Gasteiger partial charge in [-0.15, -0.1) is 0 Å². The Morgan fingerprint density at radius 2 is 2.06 bits per heavy atom. The Balaban J connectivity index is 2.54. The molecule has 0 aliphatic carbocycles. The number of nitrogens with one attached hydrogen (secondary N) is 2. The van der Waals surface area contributed by atoms with Crippen molar-refractivity contribution < 1.29 is 9.53 Å². The van der Waals surface area contributed by atoms with E-state index in [9.17, 15) is 4.79 Å². The van der Waals surface area contributed by atoms with Crippen molar-refractivity contribution >= 4 is 23.5 Å². The highest BCUT2D eigenvalue weighted by molar-refractivity contribution is 6.28. The van der Waals surface area contributed by atoms with Crippen molar-refractivity contribution in [1.29, 1.82) is 0 Å². The van der Waals surface area contributed by atoms with Crippen LogP contribution in [-0.2, 0) is 4.79 Å². The maximum atomic E-state index is 10.7. The normalized spacial score (nSPS) is 10.3. The number of carbonyl (C=O) groups is 1. The third-order valence-corrected chi connectivity index (χ3v) is 1.88. The lowest BCUT2D eigenvalue weighted by atomic mass is 10.5. The summed E-state index contributed by atoms with van der Waals surface area (Å²) >= 11 is 5.74. The molecule has 0 atom stereocenters. The third kappa shape index (κ3) is 5.62. The monoisotopic (exact) mass is 273 g/mol. The number of halogens is 1. The Morgan fingerprint density at radius 1 is 1.33 bits per heavy atom. The number of rotatable bonds is 6. The van der Waals surface area contributed by atoms with Crippen molar-refractivity contribution in [2.24, 2.45) is 0 Å². The summed E-state index contributed by atoms with van der Waals surface area (Å²) in [4.78, 5) is 22.4. The maximum Gasteiger partial charge on any atom is 0.322 e. The van der Waals surface area contributed by atoms with E-state index in [1.165, 1.54) is 6.92 Å². The van der Waals surface area contributed by atoms with Crippen LogP contribution in [0.5, 0.6) is 6.01 Å². The number of anilines is 1. The first-order valence-corrected chi connectivity index (χ1v) is 5.91. The van der Waals surface area contributed by atoms with E-state index in [0.717, 1.165) is 0 Å². The fourth-order valence-corrected chi connectivity index (χ4v) is 1.24. The Morgan fingerprint density at radius 3 is 2.67 bits per heavy atom. The van der Waals surface area contributed by atoms with E-state index in [0.29, 0.717) is 19.0 Å². The lowest BCUT2D eigenvalue weighted by Crippen LogP contribution is -2.26. The van der Waals surface area contributed by atoms with Gasteiger partial charge in [-0.3, -0.25) is 4.79 Å². The Hall–Kier alpha value is -1.63. The lowest BCUT2D eigenvalue weighted by Gasteiger charge is -2.09. The van der Waals surface area contributed by atoms with Gasteiger partial charge in [0, 0.05) is 20.0 Å². The molecule has 0 aliphatic rings. The molecule has 0 bridgehead atoms. The molecule has 1 rings (SSSR count). The lowest BCUT2D eigenvalue weighted by molar-refractivity contribution is -0.118. The van der Waals surface area contributed by atoms with Gasteiger partial charge in [-0.2, -0.15) is 15.0 Å². The van der Waals surface area contributed by atoms with Gasteiger partial charge in [0.2, 0.25) is 17.1 Å². The van der Waals surface area contributed by atoms with E-state index in [-0.39, 0.29) is 23.3 Å². The maximum absolute atomic E-state index is 10.7. The van der Waals surface area contributed by atoms with Gasteiger partial charge in [-0.25, -0.2) is 0 Å². The second-order valence-electron chi connectivity index (χ2n) is 3.79. The van der Waals surface area contributed by atoms with Crippen LogP contribution < -0.4 is 15.4 Å². The summed E-state index contributed by atoms with van der Waals surface area (Å²) in [6, 6.07) is 0.173. The van der Waals surface area contributed by atoms with Crippen LogP contribution in [0, 0.1) is 0 Å². The number of carbonyl (C=O) groups excluding carboxylic acids is 1. The minimum atomic E-state index is -0.0886. The minimum absolute atomic E-state index is 0.0457. The number of amides is 1. The highest BCUT2D eigenvalue weighted by Crippen LogP contribution is 2.12.